The Morgan fingerprint density at radius 2 is 2.05 bits per heavy atom. The van der Waals surface area contributed by atoms with Gasteiger partial charge in [-0.1, -0.05) is 20.8 Å². The van der Waals surface area contributed by atoms with E-state index in [9.17, 15) is 0 Å². The third-order valence-electron chi connectivity index (χ3n) is 4.29. The highest BCUT2D eigenvalue weighted by molar-refractivity contribution is 5.59. The second-order valence-corrected chi connectivity index (χ2v) is 6.06. The molecule has 1 aliphatic heterocycles. The Labute approximate surface area is 123 Å². The van der Waals surface area contributed by atoms with Crippen LogP contribution in [0.25, 0.3) is 0 Å². The first kappa shape index (κ1) is 15.1. The lowest BCUT2D eigenvalue weighted by atomic mass is 9.95. The molecule has 1 N–H and O–H groups in total. The van der Waals surface area contributed by atoms with E-state index in [1.165, 1.54) is 12.0 Å². The third-order valence-corrected chi connectivity index (χ3v) is 4.29. The first-order valence-electron chi connectivity index (χ1n) is 7.93. The van der Waals surface area contributed by atoms with Crippen LogP contribution in [-0.2, 0) is 6.42 Å². The Hall–Kier alpha value is -1.32. The molecular formula is C16H28N4. The summed E-state index contributed by atoms with van der Waals surface area (Å²) < 4.78 is 0. The van der Waals surface area contributed by atoms with Crippen LogP contribution in [0.2, 0.25) is 0 Å². The van der Waals surface area contributed by atoms with Crippen LogP contribution in [-0.4, -0.2) is 29.6 Å². The Morgan fingerprint density at radius 1 is 1.30 bits per heavy atom. The molecule has 0 bridgehead atoms. The van der Waals surface area contributed by atoms with E-state index < -0.39 is 0 Å². The summed E-state index contributed by atoms with van der Waals surface area (Å²) in [6.45, 7) is 14.2. The summed E-state index contributed by atoms with van der Waals surface area (Å²) in [7, 11) is 0. The van der Waals surface area contributed by atoms with E-state index in [0.717, 1.165) is 55.4 Å². The van der Waals surface area contributed by atoms with Crippen LogP contribution < -0.4 is 10.2 Å². The van der Waals surface area contributed by atoms with Crippen molar-refractivity contribution < 1.29 is 0 Å². The quantitative estimate of drug-likeness (QED) is 0.896. The summed E-state index contributed by atoms with van der Waals surface area (Å²) in [5.74, 6) is 4.62. The fraction of sp³-hybridized carbons (Fsp3) is 0.750. The Bertz CT molecular complexity index is 456. The summed E-state index contributed by atoms with van der Waals surface area (Å²) >= 11 is 0. The zero-order valence-electron chi connectivity index (χ0n) is 13.5. The molecule has 1 unspecified atom stereocenters. The van der Waals surface area contributed by atoms with Gasteiger partial charge in [0.1, 0.15) is 17.5 Å². The molecule has 2 rings (SSSR count). The molecule has 1 aromatic heterocycles. The van der Waals surface area contributed by atoms with Gasteiger partial charge < -0.3 is 10.2 Å². The van der Waals surface area contributed by atoms with Crippen LogP contribution in [0.4, 0.5) is 11.6 Å². The number of aryl methyl sites for hydroxylation is 1. The minimum Gasteiger partial charge on any atom is -0.370 e. The van der Waals surface area contributed by atoms with Crippen molar-refractivity contribution in [1.29, 1.82) is 0 Å². The maximum absolute atomic E-state index is 4.78. The Morgan fingerprint density at radius 3 is 2.60 bits per heavy atom. The van der Waals surface area contributed by atoms with E-state index >= 15 is 0 Å². The predicted molar refractivity (Wildman–Crippen MR) is 85.5 cm³/mol. The van der Waals surface area contributed by atoms with Gasteiger partial charge in [0.2, 0.25) is 0 Å². The lowest BCUT2D eigenvalue weighted by molar-refractivity contribution is 0.422. The molecule has 0 radical (unpaired) electrons. The zero-order chi connectivity index (χ0) is 14.7. The first-order chi connectivity index (χ1) is 9.56. The molecule has 0 saturated carbocycles. The van der Waals surface area contributed by atoms with Gasteiger partial charge in [0.05, 0.1) is 0 Å². The fourth-order valence-corrected chi connectivity index (χ4v) is 2.88. The zero-order valence-corrected chi connectivity index (χ0v) is 13.5. The topological polar surface area (TPSA) is 41.1 Å². The van der Waals surface area contributed by atoms with E-state index in [4.69, 9.17) is 4.98 Å². The minimum absolute atomic E-state index is 0.751. The van der Waals surface area contributed by atoms with Crippen molar-refractivity contribution in [2.24, 2.45) is 11.8 Å². The van der Waals surface area contributed by atoms with Crippen molar-refractivity contribution >= 4 is 11.6 Å². The van der Waals surface area contributed by atoms with Crippen LogP contribution in [0.3, 0.4) is 0 Å². The molecule has 1 fully saturated rings. The van der Waals surface area contributed by atoms with Gasteiger partial charge in [-0.25, -0.2) is 9.97 Å². The standard InChI is InChI=1S/C16H28N4/c1-6-14-18-15(17-7-2)12(5)16(19-14)20-9-8-13(10-20)11(3)4/h11,13H,6-10H2,1-5H3,(H,17,18,19). The highest BCUT2D eigenvalue weighted by Gasteiger charge is 2.27. The average Bonchev–Trinajstić information content (AvgIpc) is 2.91. The third kappa shape index (κ3) is 3.05. The molecule has 1 atom stereocenters. The normalized spacial score (nSPS) is 18.9. The first-order valence-corrected chi connectivity index (χ1v) is 7.93. The highest BCUT2D eigenvalue weighted by Crippen LogP contribution is 2.31. The predicted octanol–water partition coefficient (Wildman–Crippen LogP) is 3.26. The smallest absolute Gasteiger partial charge is 0.137 e. The van der Waals surface area contributed by atoms with Crippen molar-refractivity contribution in [1.82, 2.24) is 9.97 Å². The summed E-state index contributed by atoms with van der Waals surface area (Å²) in [6.07, 6.45) is 2.16. The van der Waals surface area contributed by atoms with Crippen molar-refractivity contribution in [3.8, 4) is 0 Å². The number of nitrogens with one attached hydrogen (secondary N) is 1. The van der Waals surface area contributed by atoms with Gasteiger partial charge in [0.25, 0.3) is 0 Å². The lowest BCUT2D eigenvalue weighted by Crippen LogP contribution is -2.24. The van der Waals surface area contributed by atoms with E-state index in [-0.39, 0.29) is 0 Å². The fourth-order valence-electron chi connectivity index (χ4n) is 2.88. The van der Waals surface area contributed by atoms with E-state index in [1.807, 2.05) is 0 Å². The molecule has 4 heteroatoms. The van der Waals surface area contributed by atoms with Crippen LogP contribution in [0.5, 0.6) is 0 Å². The van der Waals surface area contributed by atoms with E-state index in [1.54, 1.807) is 0 Å². The number of rotatable bonds is 5. The maximum Gasteiger partial charge on any atom is 0.137 e. The summed E-state index contributed by atoms with van der Waals surface area (Å²) in [5, 5.41) is 3.37. The molecule has 0 amide bonds. The lowest BCUT2D eigenvalue weighted by Gasteiger charge is -2.22. The number of aromatic nitrogens is 2. The van der Waals surface area contributed by atoms with Gasteiger partial charge in [-0.3, -0.25) is 0 Å². The molecule has 1 aliphatic rings. The second kappa shape index (κ2) is 6.42. The minimum atomic E-state index is 0.751. The summed E-state index contributed by atoms with van der Waals surface area (Å²) in [5.41, 5.74) is 1.19. The Kier molecular flexibility index (Phi) is 4.84. The van der Waals surface area contributed by atoms with Gasteiger partial charge in [-0.05, 0) is 32.1 Å². The molecule has 1 aromatic rings. The molecule has 112 valence electrons. The van der Waals surface area contributed by atoms with Crippen LogP contribution in [0, 0.1) is 18.8 Å². The molecule has 0 aromatic carbocycles. The largest absolute Gasteiger partial charge is 0.370 e. The van der Waals surface area contributed by atoms with Gasteiger partial charge in [0.15, 0.2) is 0 Å². The van der Waals surface area contributed by atoms with Gasteiger partial charge in [-0.15, -0.1) is 0 Å². The molecule has 0 spiro atoms. The van der Waals surface area contributed by atoms with E-state index in [2.05, 4.69) is 49.8 Å². The van der Waals surface area contributed by atoms with Crippen molar-refractivity contribution in [2.45, 2.75) is 47.5 Å². The van der Waals surface area contributed by atoms with Crippen LogP contribution in [0.1, 0.15) is 45.5 Å². The maximum atomic E-state index is 4.78. The number of anilines is 2. The van der Waals surface area contributed by atoms with Gasteiger partial charge in [0, 0.05) is 31.6 Å². The molecule has 0 aliphatic carbocycles. The van der Waals surface area contributed by atoms with Gasteiger partial charge in [-0.2, -0.15) is 0 Å². The van der Waals surface area contributed by atoms with E-state index in [0.29, 0.717) is 0 Å². The summed E-state index contributed by atoms with van der Waals surface area (Å²) in [6, 6.07) is 0. The number of nitrogens with zero attached hydrogens (tertiary/aromatic N) is 3. The van der Waals surface area contributed by atoms with Crippen molar-refractivity contribution in [3.63, 3.8) is 0 Å². The molecule has 20 heavy (non-hydrogen) atoms. The number of hydrogen-bond acceptors (Lipinski definition) is 4. The SMILES string of the molecule is CCNc1nc(CC)nc(N2CCC(C(C)C)C2)c1C. The monoisotopic (exact) mass is 276 g/mol. The molecular weight excluding hydrogens is 248 g/mol. The van der Waals surface area contributed by atoms with Crippen molar-refractivity contribution in [2.75, 3.05) is 29.9 Å². The van der Waals surface area contributed by atoms with Crippen LogP contribution in [0.15, 0.2) is 0 Å². The Balaban J connectivity index is 2.29. The average molecular weight is 276 g/mol. The molecule has 2 heterocycles. The highest BCUT2D eigenvalue weighted by atomic mass is 15.2. The van der Waals surface area contributed by atoms with Crippen molar-refractivity contribution in [3.05, 3.63) is 11.4 Å². The molecule has 4 nitrogen and oxygen atoms in total. The number of hydrogen-bond donors (Lipinski definition) is 1. The van der Waals surface area contributed by atoms with Crippen LogP contribution >= 0.6 is 0 Å². The molecule has 1 saturated heterocycles. The summed E-state index contributed by atoms with van der Waals surface area (Å²) in [4.78, 5) is 11.8. The van der Waals surface area contributed by atoms with Gasteiger partial charge >= 0.3 is 0 Å². The second-order valence-electron chi connectivity index (χ2n) is 6.06.